The average Bonchev–Trinajstić information content (AvgIpc) is 2.75. The quantitative estimate of drug-likeness (QED) is 0.599. The lowest BCUT2D eigenvalue weighted by atomic mass is 9.86. The molecule has 0 bridgehead atoms. The number of hydrogen-bond acceptors (Lipinski definition) is 4. The molecule has 1 aromatic rings. The number of aromatic nitrogens is 1. The first kappa shape index (κ1) is 21.8. The van der Waals surface area contributed by atoms with Crippen molar-refractivity contribution in [2.45, 2.75) is 70.8 Å². The second kappa shape index (κ2) is 11.3. The summed E-state index contributed by atoms with van der Waals surface area (Å²) in [7, 11) is 0. The van der Waals surface area contributed by atoms with E-state index in [1.807, 2.05) is 6.20 Å². The van der Waals surface area contributed by atoms with Gasteiger partial charge in [-0.15, -0.1) is 0 Å². The third kappa shape index (κ3) is 6.02. The van der Waals surface area contributed by atoms with E-state index < -0.39 is 0 Å². The van der Waals surface area contributed by atoms with Crippen LogP contribution in [0.25, 0.3) is 5.70 Å². The molecule has 29 heavy (non-hydrogen) atoms. The van der Waals surface area contributed by atoms with Gasteiger partial charge >= 0.3 is 0 Å². The highest BCUT2D eigenvalue weighted by molar-refractivity contribution is 5.65. The fourth-order valence-electron chi connectivity index (χ4n) is 4.63. The molecule has 0 aromatic carbocycles. The maximum atomic E-state index is 4.67. The van der Waals surface area contributed by atoms with E-state index in [4.69, 9.17) is 0 Å². The predicted octanol–water partition coefficient (Wildman–Crippen LogP) is 5.74. The maximum Gasteiger partial charge on any atom is 0.0882 e. The van der Waals surface area contributed by atoms with Crippen LogP contribution in [0.4, 0.5) is 0 Å². The molecule has 1 unspecified atom stereocenters. The molecule has 3 rings (SSSR count). The van der Waals surface area contributed by atoms with E-state index in [0.717, 1.165) is 50.3 Å². The van der Waals surface area contributed by atoms with Gasteiger partial charge in [-0.2, -0.15) is 0 Å². The smallest absolute Gasteiger partial charge is 0.0882 e. The first-order valence-corrected chi connectivity index (χ1v) is 11.5. The van der Waals surface area contributed by atoms with E-state index in [1.165, 1.54) is 49.8 Å². The van der Waals surface area contributed by atoms with Gasteiger partial charge < -0.3 is 10.2 Å². The van der Waals surface area contributed by atoms with Crippen LogP contribution in [0.15, 0.2) is 41.7 Å². The van der Waals surface area contributed by atoms with Crippen LogP contribution in [0.3, 0.4) is 0 Å². The molecule has 1 aliphatic carbocycles. The highest BCUT2D eigenvalue weighted by Gasteiger charge is 2.23. The number of nitrogens with zero attached hydrogens (tertiary/aromatic N) is 3. The number of nitrogens with one attached hydrogen (secondary N) is 1. The van der Waals surface area contributed by atoms with Crippen LogP contribution in [0.2, 0.25) is 0 Å². The largest absolute Gasteiger partial charge is 0.374 e. The molecule has 1 aromatic heterocycles. The van der Waals surface area contributed by atoms with Gasteiger partial charge in [-0.1, -0.05) is 51.3 Å². The van der Waals surface area contributed by atoms with E-state index >= 15 is 0 Å². The van der Waals surface area contributed by atoms with Crippen molar-refractivity contribution in [3.63, 3.8) is 0 Å². The van der Waals surface area contributed by atoms with E-state index in [9.17, 15) is 0 Å². The van der Waals surface area contributed by atoms with E-state index in [1.54, 1.807) is 0 Å². The standard InChI is InChI=1S/C25H38N4/c1-4-5-12-24(26-3)25-15-14-22(19-28-25)23-13-9-17-29(18-16-27-23)20(2)21-10-7-6-8-11-21/h12,14-15,19,21,23,27H,2-11,13,16-18H2,1H3/b24-12-. The van der Waals surface area contributed by atoms with Gasteiger partial charge in [-0.25, -0.2) is 0 Å². The van der Waals surface area contributed by atoms with Crippen LogP contribution >= 0.6 is 0 Å². The first-order chi connectivity index (χ1) is 14.2. The number of pyridine rings is 1. The Morgan fingerprint density at radius 1 is 1.21 bits per heavy atom. The molecule has 2 aliphatic rings. The van der Waals surface area contributed by atoms with Gasteiger partial charge in [0.15, 0.2) is 0 Å². The third-order valence-electron chi connectivity index (χ3n) is 6.42. The molecule has 4 heteroatoms. The number of rotatable bonds is 7. The van der Waals surface area contributed by atoms with Gasteiger partial charge in [-0.3, -0.25) is 9.98 Å². The van der Waals surface area contributed by atoms with Crippen LogP contribution in [0, 0.1) is 5.92 Å². The lowest BCUT2D eigenvalue weighted by Gasteiger charge is -2.36. The Hall–Kier alpha value is -1.94. The lowest BCUT2D eigenvalue weighted by Crippen LogP contribution is -2.38. The maximum absolute atomic E-state index is 4.67. The zero-order chi connectivity index (χ0) is 20.5. The number of unbranched alkanes of at least 4 members (excludes halogenated alkanes) is 1. The molecular weight excluding hydrogens is 356 g/mol. The Labute approximate surface area is 177 Å². The van der Waals surface area contributed by atoms with Gasteiger partial charge in [0.25, 0.3) is 0 Å². The minimum Gasteiger partial charge on any atom is -0.374 e. The molecule has 0 amide bonds. The Balaban J connectivity index is 1.56. The minimum atomic E-state index is 0.376. The highest BCUT2D eigenvalue weighted by Crippen LogP contribution is 2.31. The molecular formula is C25H38N4. The van der Waals surface area contributed by atoms with Crippen molar-refractivity contribution >= 4 is 12.4 Å². The summed E-state index contributed by atoms with van der Waals surface area (Å²) in [4.78, 5) is 11.4. The number of allylic oxidation sites excluding steroid dienone is 2. The zero-order valence-corrected chi connectivity index (χ0v) is 18.2. The summed E-state index contributed by atoms with van der Waals surface area (Å²) >= 11 is 0. The van der Waals surface area contributed by atoms with Crippen molar-refractivity contribution in [2.24, 2.45) is 10.9 Å². The van der Waals surface area contributed by atoms with E-state index in [2.05, 4.69) is 58.6 Å². The summed E-state index contributed by atoms with van der Waals surface area (Å²) in [6, 6.07) is 4.66. The zero-order valence-electron chi connectivity index (χ0n) is 18.2. The molecule has 1 saturated carbocycles. The molecule has 2 heterocycles. The number of aliphatic imine (C=N–C) groups is 1. The summed E-state index contributed by atoms with van der Waals surface area (Å²) in [5.41, 5.74) is 4.46. The van der Waals surface area contributed by atoms with Crippen molar-refractivity contribution in [3.05, 3.63) is 47.9 Å². The predicted molar refractivity (Wildman–Crippen MR) is 124 cm³/mol. The summed E-state index contributed by atoms with van der Waals surface area (Å²) in [6.07, 6.45) is 15.4. The van der Waals surface area contributed by atoms with Crippen LogP contribution < -0.4 is 5.32 Å². The third-order valence-corrected chi connectivity index (χ3v) is 6.42. The Kier molecular flexibility index (Phi) is 8.48. The Morgan fingerprint density at radius 3 is 2.72 bits per heavy atom. The monoisotopic (exact) mass is 394 g/mol. The topological polar surface area (TPSA) is 40.5 Å². The van der Waals surface area contributed by atoms with E-state index in [-0.39, 0.29) is 0 Å². The second-order valence-electron chi connectivity index (χ2n) is 8.48. The van der Waals surface area contributed by atoms with E-state index in [0.29, 0.717) is 12.0 Å². The van der Waals surface area contributed by atoms with Crippen molar-refractivity contribution in [1.82, 2.24) is 15.2 Å². The SMILES string of the molecule is C=N/C(=C\CCC)c1ccc(C2CCCN(C(=C)C3CCCCC3)CCN2)cn1. The van der Waals surface area contributed by atoms with Crippen LogP contribution in [-0.4, -0.2) is 36.2 Å². The van der Waals surface area contributed by atoms with Crippen LogP contribution in [0.1, 0.15) is 82.0 Å². The van der Waals surface area contributed by atoms with Crippen molar-refractivity contribution < 1.29 is 0 Å². The Morgan fingerprint density at radius 2 is 2.03 bits per heavy atom. The minimum absolute atomic E-state index is 0.376. The van der Waals surface area contributed by atoms with Crippen LogP contribution in [0.5, 0.6) is 0 Å². The van der Waals surface area contributed by atoms with Gasteiger partial charge in [0.2, 0.25) is 0 Å². The normalized spacial score (nSPS) is 22.0. The molecule has 1 atom stereocenters. The lowest BCUT2D eigenvalue weighted by molar-refractivity contribution is 0.242. The second-order valence-corrected chi connectivity index (χ2v) is 8.48. The summed E-state index contributed by atoms with van der Waals surface area (Å²) in [6.45, 7) is 13.5. The fraction of sp³-hybridized carbons (Fsp3) is 0.600. The van der Waals surface area contributed by atoms with Gasteiger partial charge in [-0.05, 0) is 56.4 Å². The molecule has 1 saturated heterocycles. The molecule has 2 fully saturated rings. The van der Waals surface area contributed by atoms with Crippen molar-refractivity contribution in [3.8, 4) is 0 Å². The summed E-state index contributed by atoms with van der Waals surface area (Å²) < 4.78 is 0. The summed E-state index contributed by atoms with van der Waals surface area (Å²) in [5.74, 6) is 0.712. The molecule has 158 valence electrons. The Bertz CT molecular complexity index is 675. The highest BCUT2D eigenvalue weighted by atomic mass is 15.2. The molecule has 0 radical (unpaired) electrons. The molecule has 1 N–H and O–H groups in total. The molecule has 1 aliphatic heterocycles. The fourth-order valence-corrected chi connectivity index (χ4v) is 4.63. The van der Waals surface area contributed by atoms with Crippen molar-refractivity contribution in [1.29, 1.82) is 0 Å². The summed E-state index contributed by atoms with van der Waals surface area (Å²) in [5, 5.41) is 3.75. The van der Waals surface area contributed by atoms with Crippen molar-refractivity contribution in [2.75, 3.05) is 19.6 Å². The molecule has 4 nitrogen and oxygen atoms in total. The first-order valence-electron chi connectivity index (χ1n) is 11.5. The van der Waals surface area contributed by atoms with Gasteiger partial charge in [0.1, 0.15) is 0 Å². The van der Waals surface area contributed by atoms with Crippen LogP contribution in [-0.2, 0) is 0 Å². The number of hydrogen-bond donors (Lipinski definition) is 1. The van der Waals surface area contributed by atoms with Gasteiger partial charge in [0, 0.05) is 37.6 Å². The average molecular weight is 395 g/mol. The van der Waals surface area contributed by atoms with Gasteiger partial charge in [0.05, 0.1) is 11.4 Å². The molecule has 0 spiro atoms.